The van der Waals surface area contributed by atoms with Crippen LogP contribution in [-0.4, -0.2) is 44.8 Å². The summed E-state index contributed by atoms with van der Waals surface area (Å²) >= 11 is 5.68. The van der Waals surface area contributed by atoms with E-state index in [2.05, 4.69) is 9.97 Å². The van der Waals surface area contributed by atoms with Gasteiger partial charge in [-0.3, -0.25) is 0 Å². The molecular weight excluding hydrogens is 270 g/mol. The maximum Gasteiger partial charge on any atom is 0.410 e. The number of aliphatic hydroxyl groups is 1. The molecule has 0 aromatic carbocycles. The first-order chi connectivity index (χ1) is 8.70. The molecular formula is C12H16ClN3O3. The van der Waals surface area contributed by atoms with Crippen molar-refractivity contribution >= 4 is 17.7 Å². The summed E-state index contributed by atoms with van der Waals surface area (Å²) in [7, 11) is 0. The van der Waals surface area contributed by atoms with E-state index in [1.807, 2.05) is 0 Å². The number of aromatic nitrogens is 2. The fourth-order valence-corrected chi connectivity index (χ4v) is 1.83. The van der Waals surface area contributed by atoms with E-state index in [9.17, 15) is 9.90 Å². The highest BCUT2D eigenvalue weighted by molar-refractivity contribution is 6.30. The Bertz CT molecular complexity index is 478. The van der Waals surface area contributed by atoms with Crippen molar-refractivity contribution in [1.29, 1.82) is 0 Å². The molecule has 1 aliphatic heterocycles. The summed E-state index contributed by atoms with van der Waals surface area (Å²) in [6, 6.07) is 0. The van der Waals surface area contributed by atoms with Crippen LogP contribution in [0.25, 0.3) is 0 Å². The van der Waals surface area contributed by atoms with Crippen LogP contribution >= 0.6 is 11.6 Å². The van der Waals surface area contributed by atoms with Gasteiger partial charge in [-0.05, 0) is 20.8 Å². The Labute approximate surface area is 116 Å². The Kier molecular flexibility index (Phi) is 3.40. The molecule has 0 spiro atoms. The van der Waals surface area contributed by atoms with Gasteiger partial charge in [0.15, 0.2) is 11.4 Å². The number of hydrogen-bond donors (Lipinski definition) is 1. The highest BCUT2D eigenvalue weighted by Crippen LogP contribution is 2.30. The lowest BCUT2D eigenvalue weighted by molar-refractivity contribution is -0.108. The number of rotatable bonds is 1. The molecule has 0 saturated carbocycles. The molecule has 2 rings (SSSR count). The van der Waals surface area contributed by atoms with Crippen LogP contribution in [-0.2, 0) is 10.3 Å². The Hall–Kier alpha value is -1.40. The van der Waals surface area contributed by atoms with Crippen molar-refractivity contribution in [2.24, 2.45) is 0 Å². The largest absolute Gasteiger partial charge is 0.444 e. The third-order valence-electron chi connectivity index (χ3n) is 2.59. The van der Waals surface area contributed by atoms with Crippen molar-refractivity contribution in [3.8, 4) is 0 Å². The van der Waals surface area contributed by atoms with Crippen molar-refractivity contribution in [2.75, 3.05) is 13.1 Å². The second-order valence-electron chi connectivity index (χ2n) is 5.59. The van der Waals surface area contributed by atoms with Gasteiger partial charge in [0.25, 0.3) is 0 Å². The maximum atomic E-state index is 11.7. The molecule has 0 aliphatic carbocycles. The summed E-state index contributed by atoms with van der Waals surface area (Å²) in [5.41, 5.74) is -1.77. The van der Waals surface area contributed by atoms with E-state index in [-0.39, 0.29) is 18.9 Å². The van der Waals surface area contributed by atoms with Crippen molar-refractivity contribution in [2.45, 2.75) is 32.0 Å². The van der Waals surface area contributed by atoms with Gasteiger partial charge in [-0.1, -0.05) is 11.6 Å². The number of β-amino-alcohol motifs (C(OH)–C–C–N with tert-alkyl or cyclic N) is 1. The average molecular weight is 286 g/mol. The van der Waals surface area contributed by atoms with Crippen LogP contribution < -0.4 is 0 Å². The van der Waals surface area contributed by atoms with Crippen LogP contribution in [0, 0.1) is 0 Å². The topological polar surface area (TPSA) is 75.5 Å². The molecule has 6 nitrogen and oxygen atoms in total. The van der Waals surface area contributed by atoms with Gasteiger partial charge >= 0.3 is 6.09 Å². The molecule has 7 heteroatoms. The van der Waals surface area contributed by atoms with Crippen LogP contribution in [0.4, 0.5) is 4.79 Å². The zero-order chi connectivity index (χ0) is 14.3. The highest BCUT2D eigenvalue weighted by atomic mass is 35.5. The molecule has 0 bridgehead atoms. The van der Waals surface area contributed by atoms with E-state index >= 15 is 0 Å². The van der Waals surface area contributed by atoms with E-state index in [4.69, 9.17) is 16.3 Å². The minimum absolute atomic E-state index is 0.115. The summed E-state index contributed by atoms with van der Waals surface area (Å²) in [4.78, 5) is 21.1. The molecule has 1 aromatic heterocycles. The van der Waals surface area contributed by atoms with Crippen LogP contribution in [0.3, 0.4) is 0 Å². The molecule has 1 aliphatic rings. The molecule has 1 aromatic rings. The molecule has 2 heterocycles. The SMILES string of the molecule is CC(C)(C)OC(=O)N1CC(O)(c2ncc(Cl)cn2)C1. The van der Waals surface area contributed by atoms with Gasteiger partial charge in [-0.2, -0.15) is 0 Å². The Morgan fingerprint density at radius 3 is 2.42 bits per heavy atom. The second-order valence-corrected chi connectivity index (χ2v) is 6.03. The molecule has 1 fully saturated rings. The Morgan fingerprint density at radius 1 is 1.42 bits per heavy atom. The van der Waals surface area contributed by atoms with Gasteiger partial charge in [-0.25, -0.2) is 14.8 Å². The quantitative estimate of drug-likeness (QED) is 0.847. The Morgan fingerprint density at radius 2 is 1.95 bits per heavy atom. The number of hydrogen-bond acceptors (Lipinski definition) is 5. The number of carbonyl (C=O) groups excluding carboxylic acids is 1. The second kappa shape index (κ2) is 4.61. The summed E-state index contributed by atoms with van der Waals surface area (Å²) in [6.07, 6.45) is 2.38. The average Bonchev–Trinajstić information content (AvgIpc) is 2.23. The van der Waals surface area contributed by atoms with Crippen molar-refractivity contribution in [3.63, 3.8) is 0 Å². The minimum atomic E-state index is -1.22. The molecule has 1 saturated heterocycles. The molecule has 104 valence electrons. The predicted molar refractivity (Wildman–Crippen MR) is 68.7 cm³/mol. The third kappa shape index (κ3) is 3.13. The summed E-state index contributed by atoms with van der Waals surface area (Å²) < 4.78 is 5.20. The first-order valence-corrected chi connectivity index (χ1v) is 6.26. The monoisotopic (exact) mass is 285 g/mol. The first kappa shape index (κ1) is 14.0. The summed E-state index contributed by atoms with van der Waals surface area (Å²) in [5.74, 6) is 0.261. The van der Waals surface area contributed by atoms with E-state index in [1.54, 1.807) is 20.8 Å². The zero-order valence-electron chi connectivity index (χ0n) is 11.1. The van der Waals surface area contributed by atoms with Gasteiger partial charge in [-0.15, -0.1) is 0 Å². The number of nitrogens with zero attached hydrogens (tertiary/aromatic N) is 3. The summed E-state index contributed by atoms with van der Waals surface area (Å²) in [5, 5.41) is 10.7. The van der Waals surface area contributed by atoms with Gasteiger partial charge in [0.1, 0.15) is 5.60 Å². The zero-order valence-corrected chi connectivity index (χ0v) is 11.8. The standard InChI is InChI=1S/C12H16ClN3O3/c1-11(2,3)19-10(17)16-6-12(18,7-16)9-14-4-8(13)5-15-9/h4-5,18H,6-7H2,1-3H3. The van der Waals surface area contributed by atoms with Crippen LogP contribution in [0.2, 0.25) is 5.02 Å². The van der Waals surface area contributed by atoms with Gasteiger partial charge < -0.3 is 14.7 Å². The number of carbonyl (C=O) groups is 1. The normalized spacial score (nSPS) is 17.8. The van der Waals surface area contributed by atoms with E-state index in [0.29, 0.717) is 5.02 Å². The van der Waals surface area contributed by atoms with Crippen molar-refractivity contribution < 1.29 is 14.6 Å². The van der Waals surface area contributed by atoms with Gasteiger partial charge in [0, 0.05) is 12.4 Å². The molecule has 0 unspecified atom stereocenters. The summed E-state index contributed by atoms with van der Waals surface area (Å²) in [6.45, 7) is 5.60. The molecule has 1 amide bonds. The maximum absolute atomic E-state index is 11.7. The molecule has 19 heavy (non-hydrogen) atoms. The van der Waals surface area contributed by atoms with Crippen LogP contribution in [0.1, 0.15) is 26.6 Å². The number of halogens is 1. The molecule has 1 N–H and O–H groups in total. The van der Waals surface area contributed by atoms with Crippen LogP contribution in [0.5, 0.6) is 0 Å². The Balaban J connectivity index is 1.98. The first-order valence-electron chi connectivity index (χ1n) is 5.88. The predicted octanol–water partition coefficient (Wildman–Crippen LogP) is 1.57. The fraction of sp³-hybridized carbons (Fsp3) is 0.583. The number of likely N-dealkylation sites (tertiary alicyclic amines) is 1. The van der Waals surface area contributed by atoms with Crippen molar-refractivity contribution in [1.82, 2.24) is 14.9 Å². The smallest absolute Gasteiger partial charge is 0.410 e. The van der Waals surface area contributed by atoms with E-state index < -0.39 is 17.3 Å². The molecule has 0 radical (unpaired) electrons. The van der Waals surface area contributed by atoms with Crippen molar-refractivity contribution in [3.05, 3.63) is 23.2 Å². The molecule has 0 atom stereocenters. The highest BCUT2D eigenvalue weighted by Gasteiger charge is 2.48. The lowest BCUT2D eigenvalue weighted by Gasteiger charge is -2.44. The van der Waals surface area contributed by atoms with E-state index in [0.717, 1.165) is 0 Å². The third-order valence-corrected chi connectivity index (χ3v) is 2.79. The van der Waals surface area contributed by atoms with Gasteiger partial charge in [0.2, 0.25) is 0 Å². The van der Waals surface area contributed by atoms with Crippen LogP contribution in [0.15, 0.2) is 12.4 Å². The lowest BCUT2D eigenvalue weighted by atomic mass is 9.94. The van der Waals surface area contributed by atoms with E-state index in [1.165, 1.54) is 17.3 Å². The number of ether oxygens (including phenoxy) is 1. The lowest BCUT2D eigenvalue weighted by Crippen LogP contribution is -2.62. The fourth-order valence-electron chi connectivity index (χ4n) is 1.73. The van der Waals surface area contributed by atoms with Gasteiger partial charge in [0.05, 0.1) is 18.1 Å². The number of amides is 1. The minimum Gasteiger partial charge on any atom is -0.444 e.